The lowest BCUT2D eigenvalue weighted by atomic mass is 9.61. The fourth-order valence-corrected chi connectivity index (χ4v) is 7.76. The van der Waals surface area contributed by atoms with Crippen LogP contribution in [0.3, 0.4) is 0 Å². The first-order valence-corrected chi connectivity index (χ1v) is 13.9. The van der Waals surface area contributed by atoms with Crippen molar-refractivity contribution < 1.29 is 18.7 Å². The van der Waals surface area contributed by atoms with Crippen molar-refractivity contribution in [3.63, 3.8) is 0 Å². The van der Waals surface area contributed by atoms with Gasteiger partial charge in [-0.05, 0) is 93.0 Å². The first kappa shape index (κ1) is 25.0. The van der Waals surface area contributed by atoms with Gasteiger partial charge in [0.25, 0.3) is 0 Å². The molecule has 4 nitrogen and oxygen atoms in total. The summed E-state index contributed by atoms with van der Waals surface area (Å²) in [7, 11) is 0.0566. The number of hydrogen-bond acceptors (Lipinski definition) is 4. The Morgan fingerprint density at radius 2 is 1.97 bits per heavy atom. The molecule has 31 heavy (non-hydrogen) atoms. The fraction of sp³-hybridized carbons (Fsp3) is 0.769. The lowest BCUT2D eigenvalue weighted by molar-refractivity contribution is 0.0939. The molecule has 0 aliphatic heterocycles. The highest BCUT2D eigenvalue weighted by Crippen LogP contribution is 2.60. The van der Waals surface area contributed by atoms with E-state index in [4.69, 9.17) is 9.05 Å². The molecule has 0 aromatic heterocycles. The molecule has 176 valence electrons. The molecule has 0 aromatic carbocycles. The molecular formula is C26H43O4P. The van der Waals surface area contributed by atoms with Gasteiger partial charge in [0.1, 0.15) is 0 Å². The van der Waals surface area contributed by atoms with Crippen LogP contribution in [0.2, 0.25) is 0 Å². The highest BCUT2D eigenvalue weighted by atomic mass is 31.2. The van der Waals surface area contributed by atoms with Crippen molar-refractivity contribution in [3.8, 4) is 0 Å². The summed E-state index contributed by atoms with van der Waals surface area (Å²) >= 11 is 0. The van der Waals surface area contributed by atoms with Crippen LogP contribution in [0, 0.1) is 23.2 Å². The van der Waals surface area contributed by atoms with Crippen molar-refractivity contribution in [2.75, 3.05) is 20.4 Å². The summed E-state index contributed by atoms with van der Waals surface area (Å²) < 4.78 is 22.6. The molecule has 0 spiro atoms. The van der Waals surface area contributed by atoms with Crippen LogP contribution in [-0.2, 0) is 13.6 Å². The second kappa shape index (κ2) is 10.5. The van der Waals surface area contributed by atoms with Crippen LogP contribution < -0.4 is 0 Å². The molecule has 0 aromatic rings. The van der Waals surface area contributed by atoms with Gasteiger partial charge in [0.15, 0.2) is 0 Å². The lowest BCUT2D eigenvalue weighted by Gasteiger charge is -2.44. The topological polar surface area (TPSA) is 55.8 Å². The van der Waals surface area contributed by atoms with E-state index in [1.54, 1.807) is 5.57 Å². The van der Waals surface area contributed by atoms with Crippen LogP contribution in [0.4, 0.5) is 0 Å². The van der Waals surface area contributed by atoms with E-state index in [0.717, 1.165) is 32.1 Å². The molecule has 3 aliphatic rings. The number of fused-ring (bicyclic) bond motifs is 1. The van der Waals surface area contributed by atoms with E-state index < -0.39 is 7.60 Å². The zero-order valence-corrected chi connectivity index (χ0v) is 21.0. The van der Waals surface area contributed by atoms with E-state index in [9.17, 15) is 9.67 Å². The number of allylic oxidation sites excluding steroid dienone is 4. The maximum Gasteiger partial charge on any atom is 0.330 e. The van der Waals surface area contributed by atoms with Crippen LogP contribution >= 0.6 is 7.60 Å². The normalized spacial score (nSPS) is 35.5. The Hall–Kier alpha value is -0.670. The molecule has 5 heteroatoms. The molecule has 3 aliphatic carbocycles. The summed E-state index contributed by atoms with van der Waals surface area (Å²) in [6.45, 7) is 9.12. The average molecular weight is 451 g/mol. The van der Waals surface area contributed by atoms with E-state index in [2.05, 4.69) is 32.6 Å². The third kappa shape index (κ3) is 5.64. The lowest BCUT2D eigenvalue weighted by Crippen LogP contribution is -2.36. The first-order valence-electron chi connectivity index (χ1n) is 12.2. The fourth-order valence-electron chi connectivity index (χ4n) is 6.67. The van der Waals surface area contributed by atoms with Gasteiger partial charge in [0.2, 0.25) is 0 Å². The van der Waals surface area contributed by atoms with Gasteiger partial charge in [-0.15, -0.1) is 0 Å². The summed E-state index contributed by atoms with van der Waals surface area (Å²) in [6, 6.07) is 0. The van der Waals surface area contributed by atoms with Crippen molar-refractivity contribution in [2.24, 2.45) is 23.2 Å². The Morgan fingerprint density at radius 1 is 1.23 bits per heavy atom. The molecule has 3 rings (SSSR count). The minimum Gasteiger partial charge on any atom is -0.393 e. The summed E-state index contributed by atoms with van der Waals surface area (Å²) in [5, 5.41) is 10.0. The van der Waals surface area contributed by atoms with Crippen molar-refractivity contribution in [3.05, 3.63) is 35.5 Å². The molecule has 0 unspecified atom stereocenters. The molecule has 0 saturated heterocycles. The zero-order chi connectivity index (χ0) is 22.6. The number of aliphatic hydroxyl groups is 1. The molecule has 3 saturated carbocycles. The Bertz CT molecular complexity index is 747. The van der Waals surface area contributed by atoms with Crippen molar-refractivity contribution in [2.45, 2.75) is 84.2 Å². The molecular weight excluding hydrogens is 407 g/mol. The van der Waals surface area contributed by atoms with E-state index in [0.29, 0.717) is 29.3 Å². The minimum absolute atomic E-state index is 0.213. The van der Waals surface area contributed by atoms with Gasteiger partial charge < -0.3 is 14.2 Å². The third-order valence-corrected chi connectivity index (χ3v) is 10.5. The minimum atomic E-state index is -2.90. The van der Waals surface area contributed by atoms with Gasteiger partial charge >= 0.3 is 7.60 Å². The summed E-state index contributed by atoms with van der Waals surface area (Å²) in [4.78, 5) is 0. The molecule has 1 N–H and O–H groups in total. The molecule has 5 atom stereocenters. The molecule has 0 radical (unpaired) electrons. The maximum absolute atomic E-state index is 12.4. The van der Waals surface area contributed by atoms with Gasteiger partial charge in [-0.25, -0.2) is 0 Å². The van der Waals surface area contributed by atoms with Crippen molar-refractivity contribution >= 4 is 7.60 Å². The quantitative estimate of drug-likeness (QED) is 0.402. The van der Waals surface area contributed by atoms with Gasteiger partial charge in [0.05, 0.1) is 12.3 Å². The number of rotatable bonds is 8. The Labute approximate surface area is 189 Å². The SMILES string of the molecule is C=C1CC[C@H](O)C/C1=C\C=C1/CCC[C@]2(C)[C@@H]([C@H](C)CCCP(=O)(OC)OC)CC[C@@H]12. The van der Waals surface area contributed by atoms with Crippen LogP contribution in [-0.4, -0.2) is 31.6 Å². The zero-order valence-electron chi connectivity index (χ0n) is 20.1. The average Bonchev–Trinajstić information content (AvgIpc) is 3.11. The van der Waals surface area contributed by atoms with Gasteiger partial charge in [-0.1, -0.05) is 43.7 Å². The van der Waals surface area contributed by atoms with E-state index in [1.807, 2.05) is 0 Å². The molecule has 3 fully saturated rings. The van der Waals surface area contributed by atoms with Crippen LogP contribution in [0.1, 0.15) is 78.1 Å². The van der Waals surface area contributed by atoms with E-state index >= 15 is 0 Å². The predicted octanol–water partition coefficient (Wildman–Crippen LogP) is 7.06. The second-order valence-electron chi connectivity index (χ2n) is 10.3. The largest absolute Gasteiger partial charge is 0.393 e. The van der Waals surface area contributed by atoms with Gasteiger partial charge in [-0.3, -0.25) is 4.57 Å². The predicted molar refractivity (Wildman–Crippen MR) is 128 cm³/mol. The Morgan fingerprint density at radius 3 is 2.68 bits per heavy atom. The van der Waals surface area contributed by atoms with Crippen LogP contribution in [0.5, 0.6) is 0 Å². The highest BCUT2D eigenvalue weighted by Gasteiger charge is 2.50. The van der Waals surface area contributed by atoms with E-state index in [1.165, 1.54) is 57.5 Å². The molecule has 0 heterocycles. The Kier molecular flexibility index (Phi) is 8.46. The maximum atomic E-state index is 12.4. The van der Waals surface area contributed by atoms with Crippen molar-refractivity contribution in [1.29, 1.82) is 0 Å². The van der Waals surface area contributed by atoms with Gasteiger partial charge in [0, 0.05) is 14.2 Å². The summed E-state index contributed by atoms with van der Waals surface area (Å²) in [5.74, 6) is 1.99. The third-order valence-electron chi connectivity index (χ3n) is 8.56. The molecule has 0 amide bonds. The monoisotopic (exact) mass is 450 g/mol. The summed E-state index contributed by atoms with van der Waals surface area (Å²) in [5.41, 5.74) is 4.40. The number of hydrogen-bond donors (Lipinski definition) is 1. The first-order chi connectivity index (χ1) is 14.7. The standard InChI is InChI=1S/C26H43O4P/c1-19-10-13-23(27)18-22(19)12-11-21-9-6-16-26(3)24(14-15-25(21)26)20(2)8-7-17-31(28,29-4)30-5/h11-12,20,23-25,27H,1,6-10,13-18H2,2-5H3/b21-11+,22-12+/t20-,23+,24-,25+,26-/m1/s1. The smallest absolute Gasteiger partial charge is 0.330 e. The molecule has 0 bridgehead atoms. The van der Waals surface area contributed by atoms with Crippen LogP contribution in [0.25, 0.3) is 0 Å². The van der Waals surface area contributed by atoms with Crippen LogP contribution in [0.15, 0.2) is 35.5 Å². The van der Waals surface area contributed by atoms with E-state index in [-0.39, 0.29) is 6.10 Å². The highest BCUT2D eigenvalue weighted by molar-refractivity contribution is 7.53. The van der Waals surface area contributed by atoms with Gasteiger partial charge in [-0.2, -0.15) is 0 Å². The van der Waals surface area contributed by atoms with Crippen molar-refractivity contribution in [1.82, 2.24) is 0 Å². The summed E-state index contributed by atoms with van der Waals surface area (Å²) in [6.07, 6.45) is 15.7. The number of aliphatic hydroxyl groups excluding tert-OH is 1. The second-order valence-corrected chi connectivity index (χ2v) is 12.7. The Balaban J connectivity index is 1.66.